The van der Waals surface area contributed by atoms with Gasteiger partial charge in [0.05, 0.1) is 6.26 Å². The first kappa shape index (κ1) is 11.0. The van der Waals surface area contributed by atoms with Crippen molar-refractivity contribution in [1.29, 1.82) is 0 Å². The Morgan fingerprint density at radius 2 is 2.19 bits per heavy atom. The van der Waals surface area contributed by atoms with Gasteiger partial charge in [0.15, 0.2) is 5.11 Å². The second-order valence-electron chi connectivity index (χ2n) is 3.51. The molecular weight excluding hydrogens is 220 g/mol. The van der Waals surface area contributed by atoms with Gasteiger partial charge in [0.25, 0.3) is 0 Å². The van der Waals surface area contributed by atoms with Gasteiger partial charge in [0, 0.05) is 19.0 Å². The Morgan fingerprint density at radius 1 is 1.38 bits per heavy atom. The molecule has 0 amide bonds. The first-order valence-corrected chi connectivity index (χ1v) is 5.63. The molecule has 0 atom stereocenters. The Balaban J connectivity index is 2.02. The van der Waals surface area contributed by atoms with Crippen molar-refractivity contribution in [2.45, 2.75) is 6.42 Å². The van der Waals surface area contributed by atoms with Crippen molar-refractivity contribution in [2.75, 3.05) is 13.6 Å². The van der Waals surface area contributed by atoms with Crippen LogP contribution in [0.3, 0.4) is 0 Å². The predicted molar refractivity (Wildman–Crippen MR) is 69.6 cm³/mol. The van der Waals surface area contributed by atoms with Gasteiger partial charge in [-0.3, -0.25) is 0 Å². The molecule has 1 heterocycles. The highest BCUT2D eigenvalue weighted by Crippen LogP contribution is 2.20. The molecular formula is C12H14N2OS. The Bertz CT molecular complexity index is 492. The van der Waals surface area contributed by atoms with Crippen molar-refractivity contribution in [3.63, 3.8) is 0 Å². The molecule has 0 aliphatic carbocycles. The normalized spacial score (nSPS) is 10.3. The van der Waals surface area contributed by atoms with Crippen LogP contribution in [0.5, 0.6) is 0 Å². The number of furan rings is 1. The average Bonchev–Trinajstić information content (AvgIpc) is 2.73. The summed E-state index contributed by atoms with van der Waals surface area (Å²) in [6.07, 6.45) is 2.72. The van der Waals surface area contributed by atoms with Crippen molar-refractivity contribution in [1.82, 2.24) is 10.6 Å². The molecule has 84 valence electrons. The van der Waals surface area contributed by atoms with E-state index in [2.05, 4.69) is 16.7 Å². The van der Waals surface area contributed by atoms with Gasteiger partial charge in [-0.15, -0.1) is 0 Å². The van der Waals surface area contributed by atoms with E-state index >= 15 is 0 Å². The third-order valence-corrected chi connectivity index (χ3v) is 2.82. The molecule has 0 aliphatic heterocycles. The number of nitrogens with one attached hydrogen (secondary N) is 2. The van der Waals surface area contributed by atoms with E-state index in [0.29, 0.717) is 5.11 Å². The zero-order valence-corrected chi connectivity index (χ0v) is 9.93. The summed E-state index contributed by atoms with van der Waals surface area (Å²) in [6.45, 7) is 0.809. The summed E-state index contributed by atoms with van der Waals surface area (Å²) in [5, 5.41) is 7.85. The summed E-state index contributed by atoms with van der Waals surface area (Å²) in [5.74, 6) is 0. The van der Waals surface area contributed by atoms with Crippen molar-refractivity contribution in [3.8, 4) is 0 Å². The van der Waals surface area contributed by atoms with Crippen molar-refractivity contribution >= 4 is 28.3 Å². The van der Waals surface area contributed by atoms with Gasteiger partial charge in [-0.1, -0.05) is 18.2 Å². The number of fused-ring (bicyclic) bond motifs is 1. The maximum atomic E-state index is 5.46. The molecule has 16 heavy (non-hydrogen) atoms. The molecule has 2 aromatic rings. The van der Waals surface area contributed by atoms with Gasteiger partial charge >= 0.3 is 0 Å². The van der Waals surface area contributed by atoms with E-state index in [1.54, 1.807) is 0 Å². The molecule has 0 saturated heterocycles. The van der Waals surface area contributed by atoms with Gasteiger partial charge in [-0.25, -0.2) is 0 Å². The van der Waals surface area contributed by atoms with Crippen LogP contribution in [0.4, 0.5) is 0 Å². The summed E-state index contributed by atoms with van der Waals surface area (Å²) in [7, 11) is 1.81. The molecule has 0 aliphatic rings. The molecule has 0 spiro atoms. The minimum atomic E-state index is 0.674. The summed E-state index contributed by atoms with van der Waals surface area (Å²) in [5.41, 5.74) is 2.15. The number of para-hydroxylation sites is 1. The number of hydrogen-bond acceptors (Lipinski definition) is 2. The van der Waals surface area contributed by atoms with Gasteiger partial charge in [-0.05, 0) is 30.3 Å². The fourth-order valence-electron chi connectivity index (χ4n) is 1.63. The molecule has 0 radical (unpaired) electrons. The molecule has 2 rings (SSSR count). The van der Waals surface area contributed by atoms with E-state index in [-0.39, 0.29) is 0 Å². The molecule has 3 nitrogen and oxygen atoms in total. The van der Waals surface area contributed by atoms with Crippen LogP contribution in [0.1, 0.15) is 5.56 Å². The smallest absolute Gasteiger partial charge is 0.166 e. The van der Waals surface area contributed by atoms with E-state index in [0.717, 1.165) is 18.5 Å². The largest absolute Gasteiger partial charge is 0.464 e. The second-order valence-corrected chi connectivity index (χ2v) is 3.92. The fraction of sp³-hybridized carbons (Fsp3) is 0.250. The standard InChI is InChI=1S/C12H14N2OS/c1-13-12(16)14-7-6-9-8-15-11-5-3-2-4-10(9)11/h2-5,8H,6-7H2,1H3,(H2,13,14,16). The van der Waals surface area contributed by atoms with E-state index in [1.807, 2.05) is 31.5 Å². The van der Waals surface area contributed by atoms with Gasteiger partial charge in [0.2, 0.25) is 0 Å². The lowest BCUT2D eigenvalue weighted by molar-refractivity contribution is 0.609. The minimum Gasteiger partial charge on any atom is -0.464 e. The molecule has 1 aromatic heterocycles. The molecule has 0 unspecified atom stereocenters. The van der Waals surface area contributed by atoms with Crippen LogP contribution >= 0.6 is 12.2 Å². The number of rotatable bonds is 3. The topological polar surface area (TPSA) is 37.2 Å². The molecule has 0 bridgehead atoms. The highest BCUT2D eigenvalue weighted by molar-refractivity contribution is 7.80. The Labute approximate surface area is 99.8 Å². The van der Waals surface area contributed by atoms with Crippen LogP contribution in [-0.2, 0) is 6.42 Å². The summed E-state index contributed by atoms with van der Waals surface area (Å²) in [6, 6.07) is 8.05. The van der Waals surface area contributed by atoms with Crippen molar-refractivity contribution < 1.29 is 4.42 Å². The van der Waals surface area contributed by atoms with Crippen LogP contribution in [-0.4, -0.2) is 18.7 Å². The molecule has 2 N–H and O–H groups in total. The van der Waals surface area contributed by atoms with Gasteiger partial charge in [0.1, 0.15) is 5.58 Å². The van der Waals surface area contributed by atoms with Crippen LogP contribution in [0, 0.1) is 0 Å². The number of benzene rings is 1. The van der Waals surface area contributed by atoms with E-state index < -0.39 is 0 Å². The SMILES string of the molecule is CNC(=S)NCCc1coc2ccccc12. The lowest BCUT2D eigenvalue weighted by Gasteiger charge is -2.05. The Morgan fingerprint density at radius 3 is 3.00 bits per heavy atom. The average molecular weight is 234 g/mol. The Hall–Kier alpha value is -1.55. The highest BCUT2D eigenvalue weighted by atomic mass is 32.1. The Kier molecular flexibility index (Phi) is 3.41. The number of hydrogen-bond donors (Lipinski definition) is 2. The van der Waals surface area contributed by atoms with E-state index in [4.69, 9.17) is 16.6 Å². The minimum absolute atomic E-state index is 0.674. The summed E-state index contributed by atoms with van der Waals surface area (Å²) >= 11 is 5.00. The second kappa shape index (κ2) is 4.99. The summed E-state index contributed by atoms with van der Waals surface area (Å²) < 4.78 is 5.46. The van der Waals surface area contributed by atoms with Gasteiger partial charge < -0.3 is 15.1 Å². The molecule has 0 saturated carbocycles. The highest BCUT2D eigenvalue weighted by Gasteiger charge is 2.04. The van der Waals surface area contributed by atoms with Crippen molar-refractivity contribution in [2.24, 2.45) is 0 Å². The van der Waals surface area contributed by atoms with Gasteiger partial charge in [-0.2, -0.15) is 0 Å². The third kappa shape index (κ3) is 2.33. The lowest BCUT2D eigenvalue weighted by atomic mass is 10.1. The quantitative estimate of drug-likeness (QED) is 0.797. The first-order chi connectivity index (χ1) is 7.81. The molecule has 0 fully saturated rings. The van der Waals surface area contributed by atoms with Crippen LogP contribution < -0.4 is 10.6 Å². The summed E-state index contributed by atoms with van der Waals surface area (Å²) in [4.78, 5) is 0. The fourth-order valence-corrected chi connectivity index (χ4v) is 1.73. The zero-order valence-electron chi connectivity index (χ0n) is 9.12. The van der Waals surface area contributed by atoms with Crippen LogP contribution in [0.25, 0.3) is 11.0 Å². The monoisotopic (exact) mass is 234 g/mol. The molecule has 4 heteroatoms. The zero-order chi connectivity index (χ0) is 11.4. The first-order valence-electron chi connectivity index (χ1n) is 5.22. The van der Waals surface area contributed by atoms with Crippen LogP contribution in [0.2, 0.25) is 0 Å². The lowest BCUT2D eigenvalue weighted by Crippen LogP contribution is -2.33. The predicted octanol–water partition coefficient (Wildman–Crippen LogP) is 2.07. The third-order valence-electron chi connectivity index (χ3n) is 2.47. The maximum absolute atomic E-state index is 5.46. The van der Waals surface area contributed by atoms with E-state index in [1.165, 1.54) is 10.9 Å². The number of thiocarbonyl (C=S) groups is 1. The maximum Gasteiger partial charge on any atom is 0.166 e. The van der Waals surface area contributed by atoms with Crippen molar-refractivity contribution in [3.05, 3.63) is 36.1 Å². The molecule has 1 aromatic carbocycles. The van der Waals surface area contributed by atoms with Crippen LogP contribution in [0.15, 0.2) is 34.9 Å². The van der Waals surface area contributed by atoms with E-state index in [9.17, 15) is 0 Å².